The van der Waals surface area contributed by atoms with E-state index in [1.165, 1.54) is 4.68 Å². The van der Waals surface area contributed by atoms with Crippen molar-refractivity contribution in [2.75, 3.05) is 13.2 Å². The molecule has 3 rings (SSSR count). The highest BCUT2D eigenvalue weighted by Crippen LogP contribution is 2.30. The van der Waals surface area contributed by atoms with Crippen LogP contribution >= 0.6 is 0 Å². The monoisotopic (exact) mass is 339 g/mol. The smallest absolute Gasteiger partial charge is 0.284 e. The van der Waals surface area contributed by atoms with Gasteiger partial charge in [0.15, 0.2) is 11.5 Å². The zero-order valence-corrected chi connectivity index (χ0v) is 14.5. The van der Waals surface area contributed by atoms with Gasteiger partial charge in [-0.15, -0.1) is 0 Å². The van der Waals surface area contributed by atoms with Crippen LogP contribution in [0, 0.1) is 11.3 Å². The number of benzene rings is 1. The first kappa shape index (κ1) is 17.0. The fourth-order valence-electron chi connectivity index (χ4n) is 3.06. The van der Waals surface area contributed by atoms with Gasteiger partial charge < -0.3 is 9.47 Å². The number of ether oxygens (including phenoxy) is 2. The third-order valence-corrected chi connectivity index (χ3v) is 4.36. The summed E-state index contributed by atoms with van der Waals surface area (Å²) in [6.45, 7) is 5.45. The van der Waals surface area contributed by atoms with E-state index in [1.54, 1.807) is 0 Å². The maximum absolute atomic E-state index is 12.5. The maximum Gasteiger partial charge on any atom is 0.284 e. The number of hydrogen-bond donors (Lipinski definition) is 0. The molecular formula is C19H21N3O3. The van der Waals surface area contributed by atoms with E-state index >= 15 is 0 Å². The van der Waals surface area contributed by atoms with Crippen LogP contribution in [0.2, 0.25) is 0 Å². The van der Waals surface area contributed by atoms with Crippen molar-refractivity contribution >= 4 is 0 Å². The lowest BCUT2D eigenvalue weighted by atomic mass is 10.0. The molecule has 0 saturated heterocycles. The van der Waals surface area contributed by atoms with Crippen LogP contribution in [-0.2, 0) is 25.8 Å². The van der Waals surface area contributed by atoms with Gasteiger partial charge in [0.25, 0.3) is 5.56 Å². The number of fused-ring (bicyclic) bond motifs is 1. The van der Waals surface area contributed by atoms with E-state index in [9.17, 15) is 10.1 Å². The largest absolute Gasteiger partial charge is 0.486 e. The Labute approximate surface area is 146 Å². The molecule has 0 fully saturated rings. The Balaban J connectivity index is 1.86. The molecule has 0 amide bonds. The lowest BCUT2D eigenvalue weighted by Gasteiger charge is -2.19. The van der Waals surface area contributed by atoms with E-state index in [0.29, 0.717) is 39.0 Å². The lowest BCUT2D eigenvalue weighted by molar-refractivity contribution is 0.171. The molecule has 2 heterocycles. The van der Waals surface area contributed by atoms with Crippen molar-refractivity contribution in [2.45, 2.75) is 39.7 Å². The molecule has 0 aliphatic carbocycles. The first-order chi connectivity index (χ1) is 12.2. The Morgan fingerprint density at radius 3 is 2.64 bits per heavy atom. The minimum atomic E-state index is -0.311. The van der Waals surface area contributed by atoms with Crippen LogP contribution < -0.4 is 15.0 Å². The Hall–Kier alpha value is -2.81. The highest BCUT2D eigenvalue weighted by atomic mass is 16.6. The first-order valence-corrected chi connectivity index (χ1v) is 8.59. The Morgan fingerprint density at radius 2 is 1.96 bits per heavy atom. The summed E-state index contributed by atoms with van der Waals surface area (Å²) in [5.41, 5.74) is 2.53. The molecule has 1 aliphatic heterocycles. The Bertz CT molecular complexity index is 881. The summed E-state index contributed by atoms with van der Waals surface area (Å²) >= 11 is 0. The molecule has 1 aromatic carbocycles. The minimum absolute atomic E-state index is 0.219. The summed E-state index contributed by atoms with van der Waals surface area (Å²) in [5.74, 6) is 1.48. The summed E-state index contributed by atoms with van der Waals surface area (Å²) in [7, 11) is 0. The predicted octanol–water partition coefficient (Wildman–Crippen LogP) is 2.25. The van der Waals surface area contributed by atoms with E-state index in [1.807, 2.05) is 32.0 Å². The molecule has 0 N–H and O–H groups in total. The summed E-state index contributed by atoms with van der Waals surface area (Å²) < 4.78 is 12.5. The molecule has 2 aromatic rings. The van der Waals surface area contributed by atoms with Crippen molar-refractivity contribution in [3.63, 3.8) is 0 Å². The fraction of sp³-hybridized carbons (Fsp3) is 0.421. The third kappa shape index (κ3) is 3.36. The van der Waals surface area contributed by atoms with Crippen molar-refractivity contribution in [3.8, 4) is 17.6 Å². The van der Waals surface area contributed by atoms with Crippen LogP contribution in [0.5, 0.6) is 11.5 Å². The Morgan fingerprint density at radius 1 is 1.20 bits per heavy atom. The second-order valence-electron chi connectivity index (χ2n) is 5.88. The molecule has 1 aromatic heterocycles. The van der Waals surface area contributed by atoms with Crippen molar-refractivity contribution in [1.82, 2.24) is 9.78 Å². The summed E-state index contributed by atoms with van der Waals surface area (Å²) in [5, 5.41) is 13.8. The van der Waals surface area contributed by atoms with Gasteiger partial charge in [-0.05, 0) is 42.5 Å². The lowest BCUT2D eigenvalue weighted by Crippen LogP contribution is -2.29. The molecule has 1 aliphatic rings. The molecule has 0 unspecified atom stereocenters. The summed E-state index contributed by atoms with van der Waals surface area (Å²) in [6, 6.07) is 7.85. The predicted molar refractivity (Wildman–Crippen MR) is 93.1 cm³/mol. The molecule has 0 spiro atoms. The topological polar surface area (TPSA) is 77.1 Å². The molecule has 0 atom stereocenters. The number of rotatable bonds is 5. The summed E-state index contributed by atoms with van der Waals surface area (Å²) in [6.07, 6.45) is 1.96. The fourth-order valence-corrected chi connectivity index (χ4v) is 3.06. The SMILES string of the molecule is CCc1nn(CCc2ccc3c(c2)OCCO3)c(=O)c(C#N)c1CC. The third-order valence-electron chi connectivity index (χ3n) is 4.36. The van der Waals surface area contributed by atoms with Gasteiger partial charge in [-0.3, -0.25) is 4.79 Å². The van der Waals surface area contributed by atoms with Gasteiger partial charge >= 0.3 is 0 Å². The first-order valence-electron chi connectivity index (χ1n) is 8.59. The van der Waals surface area contributed by atoms with E-state index < -0.39 is 0 Å². The highest BCUT2D eigenvalue weighted by Gasteiger charge is 2.16. The average Bonchev–Trinajstić information content (AvgIpc) is 2.66. The number of nitriles is 1. The van der Waals surface area contributed by atoms with Gasteiger partial charge in [0, 0.05) is 6.54 Å². The quantitative estimate of drug-likeness (QED) is 0.835. The van der Waals surface area contributed by atoms with Gasteiger partial charge in [-0.1, -0.05) is 19.9 Å². The van der Waals surface area contributed by atoms with Crippen LogP contribution in [-0.4, -0.2) is 23.0 Å². The highest BCUT2D eigenvalue weighted by molar-refractivity contribution is 5.44. The van der Waals surface area contributed by atoms with Crippen LogP contribution in [0.1, 0.15) is 36.2 Å². The van der Waals surface area contributed by atoms with Crippen molar-refractivity contribution < 1.29 is 9.47 Å². The molecule has 6 nitrogen and oxygen atoms in total. The van der Waals surface area contributed by atoms with Gasteiger partial charge in [-0.2, -0.15) is 10.4 Å². The standard InChI is InChI=1S/C19H21N3O3/c1-3-14-15(12-20)19(23)22(21-16(14)4-2)8-7-13-5-6-17-18(11-13)25-10-9-24-17/h5-6,11H,3-4,7-10H2,1-2H3. The summed E-state index contributed by atoms with van der Waals surface area (Å²) in [4.78, 5) is 12.5. The average molecular weight is 339 g/mol. The van der Waals surface area contributed by atoms with Crippen molar-refractivity contribution in [3.05, 3.63) is 50.9 Å². The van der Waals surface area contributed by atoms with Crippen molar-refractivity contribution in [1.29, 1.82) is 5.26 Å². The van der Waals surface area contributed by atoms with Gasteiger partial charge in [0.1, 0.15) is 24.8 Å². The molecule has 0 saturated carbocycles. The van der Waals surface area contributed by atoms with Crippen LogP contribution in [0.15, 0.2) is 23.0 Å². The van der Waals surface area contributed by atoms with Gasteiger partial charge in [0.05, 0.1) is 5.69 Å². The molecule has 25 heavy (non-hydrogen) atoms. The molecule has 0 radical (unpaired) electrons. The zero-order chi connectivity index (χ0) is 17.8. The minimum Gasteiger partial charge on any atom is -0.486 e. The second kappa shape index (κ2) is 7.39. The van der Waals surface area contributed by atoms with Crippen LogP contribution in [0.25, 0.3) is 0 Å². The number of nitrogens with zero attached hydrogens (tertiary/aromatic N) is 3. The molecule has 6 heteroatoms. The van der Waals surface area contributed by atoms with Gasteiger partial charge in [0.2, 0.25) is 0 Å². The van der Waals surface area contributed by atoms with E-state index in [4.69, 9.17) is 9.47 Å². The number of hydrogen-bond acceptors (Lipinski definition) is 5. The van der Waals surface area contributed by atoms with Crippen LogP contribution in [0.4, 0.5) is 0 Å². The normalized spacial score (nSPS) is 12.7. The maximum atomic E-state index is 12.5. The van der Waals surface area contributed by atoms with Crippen LogP contribution in [0.3, 0.4) is 0 Å². The number of aromatic nitrogens is 2. The van der Waals surface area contributed by atoms with Gasteiger partial charge in [-0.25, -0.2) is 4.68 Å². The molecular weight excluding hydrogens is 318 g/mol. The second-order valence-corrected chi connectivity index (χ2v) is 5.88. The van der Waals surface area contributed by atoms with Crippen molar-refractivity contribution in [2.24, 2.45) is 0 Å². The molecule has 130 valence electrons. The number of aryl methyl sites for hydroxylation is 3. The van der Waals surface area contributed by atoms with E-state index in [-0.39, 0.29) is 11.1 Å². The van der Waals surface area contributed by atoms with E-state index in [2.05, 4.69) is 11.2 Å². The molecule has 0 bridgehead atoms. The zero-order valence-electron chi connectivity index (χ0n) is 14.5. The Kier molecular flexibility index (Phi) is 5.03. The van der Waals surface area contributed by atoms with E-state index in [0.717, 1.165) is 28.3 Å².